The lowest BCUT2D eigenvalue weighted by Gasteiger charge is -2.24. The Hall–Kier alpha value is -0.590. The van der Waals surface area contributed by atoms with Crippen molar-refractivity contribution in [1.82, 2.24) is 5.32 Å². The molecule has 2 aliphatic rings. The largest absolute Gasteiger partial charge is 0.377 e. The van der Waals surface area contributed by atoms with Crippen LogP contribution in [0.25, 0.3) is 0 Å². The molecule has 1 saturated carbocycles. The predicted octanol–water partition coefficient (Wildman–Crippen LogP) is 1.84. The molecule has 2 rings (SSSR count). The highest BCUT2D eigenvalue weighted by Gasteiger charge is 2.37. The van der Waals surface area contributed by atoms with Crippen molar-refractivity contribution in [3.63, 3.8) is 0 Å². The number of nitrogens with zero attached hydrogens (tertiary/aromatic N) is 1. The summed E-state index contributed by atoms with van der Waals surface area (Å²) in [4.78, 5) is 0. The SMILES string of the molecule is CC1CCC(C#N)(NCC2CCCO2)C1. The molecule has 3 nitrogen and oxygen atoms in total. The molecule has 15 heavy (non-hydrogen) atoms. The van der Waals surface area contributed by atoms with Crippen molar-refractivity contribution in [2.75, 3.05) is 13.2 Å². The summed E-state index contributed by atoms with van der Waals surface area (Å²) < 4.78 is 5.56. The van der Waals surface area contributed by atoms with Gasteiger partial charge in [0.05, 0.1) is 12.2 Å². The topological polar surface area (TPSA) is 45.0 Å². The van der Waals surface area contributed by atoms with Gasteiger partial charge in [0.1, 0.15) is 5.54 Å². The van der Waals surface area contributed by atoms with Crippen molar-refractivity contribution < 1.29 is 4.74 Å². The van der Waals surface area contributed by atoms with Crippen molar-refractivity contribution in [3.05, 3.63) is 0 Å². The van der Waals surface area contributed by atoms with Crippen LogP contribution >= 0.6 is 0 Å². The normalized spacial score (nSPS) is 40.5. The lowest BCUT2D eigenvalue weighted by atomic mass is 9.98. The van der Waals surface area contributed by atoms with Gasteiger partial charge in [0.25, 0.3) is 0 Å². The average Bonchev–Trinajstić information content (AvgIpc) is 2.85. The van der Waals surface area contributed by atoms with Crippen molar-refractivity contribution in [3.8, 4) is 6.07 Å². The second kappa shape index (κ2) is 4.51. The first kappa shape index (κ1) is 10.9. The van der Waals surface area contributed by atoms with Crippen LogP contribution in [0.3, 0.4) is 0 Å². The molecule has 1 aliphatic carbocycles. The van der Waals surface area contributed by atoms with Crippen LogP contribution in [0.2, 0.25) is 0 Å². The fourth-order valence-electron chi connectivity index (χ4n) is 2.71. The van der Waals surface area contributed by atoms with Gasteiger partial charge in [0, 0.05) is 13.2 Å². The molecule has 2 fully saturated rings. The number of hydrogen-bond acceptors (Lipinski definition) is 3. The molecule has 0 spiro atoms. The van der Waals surface area contributed by atoms with Crippen molar-refractivity contribution in [2.45, 2.75) is 50.7 Å². The molecule has 84 valence electrons. The van der Waals surface area contributed by atoms with Gasteiger partial charge < -0.3 is 4.74 Å². The van der Waals surface area contributed by atoms with Gasteiger partial charge in [-0.15, -0.1) is 0 Å². The summed E-state index contributed by atoms with van der Waals surface area (Å²) in [6, 6.07) is 2.47. The van der Waals surface area contributed by atoms with Crippen LogP contribution in [0, 0.1) is 17.2 Å². The second-order valence-electron chi connectivity index (χ2n) is 5.06. The first-order chi connectivity index (χ1) is 7.24. The number of ether oxygens (including phenoxy) is 1. The van der Waals surface area contributed by atoms with Crippen LogP contribution in [0.4, 0.5) is 0 Å². The summed E-state index contributed by atoms with van der Waals surface area (Å²) in [6.07, 6.45) is 5.82. The van der Waals surface area contributed by atoms with Crippen LogP contribution < -0.4 is 5.32 Å². The van der Waals surface area contributed by atoms with E-state index in [2.05, 4.69) is 18.3 Å². The predicted molar refractivity (Wildman–Crippen MR) is 58.3 cm³/mol. The smallest absolute Gasteiger partial charge is 0.107 e. The van der Waals surface area contributed by atoms with Gasteiger partial charge in [-0.05, 0) is 38.0 Å². The highest BCUT2D eigenvalue weighted by Crippen LogP contribution is 2.33. The van der Waals surface area contributed by atoms with Gasteiger partial charge in [0.15, 0.2) is 0 Å². The maximum Gasteiger partial charge on any atom is 0.107 e. The van der Waals surface area contributed by atoms with Crippen LogP contribution in [0.5, 0.6) is 0 Å². The molecular weight excluding hydrogens is 188 g/mol. The van der Waals surface area contributed by atoms with Crippen LogP contribution in [-0.2, 0) is 4.74 Å². The van der Waals surface area contributed by atoms with Gasteiger partial charge in [-0.2, -0.15) is 5.26 Å². The van der Waals surface area contributed by atoms with E-state index in [1.54, 1.807) is 0 Å². The third kappa shape index (κ3) is 2.50. The molecule has 3 unspecified atom stereocenters. The highest BCUT2D eigenvalue weighted by molar-refractivity contribution is 5.11. The van der Waals surface area contributed by atoms with Gasteiger partial charge in [-0.1, -0.05) is 6.92 Å². The monoisotopic (exact) mass is 208 g/mol. The summed E-state index contributed by atoms with van der Waals surface area (Å²) in [6.45, 7) is 3.97. The second-order valence-corrected chi connectivity index (χ2v) is 5.06. The van der Waals surface area contributed by atoms with Crippen LogP contribution in [0.15, 0.2) is 0 Å². The van der Waals surface area contributed by atoms with E-state index >= 15 is 0 Å². The Morgan fingerprint density at radius 1 is 1.53 bits per heavy atom. The Kier molecular flexibility index (Phi) is 3.28. The molecule has 0 radical (unpaired) electrons. The molecule has 3 atom stereocenters. The van der Waals surface area contributed by atoms with Gasteiger partial charge in [-0.3, -0.25) is 5.32 Å². The molecular formula is C12H20N2O. The van der Waals surface area contributed by atoms with Crippen molar-refractivity contribution in [2.24, 2.45) is 5.92 Å². The molecule has 1 aliphatic heterocycles. The zero-order valence-corrected chi connectivity index (χ0v) is 9.46. The summed E-state index contributed by atoms with van der Waals surface area (Å²) in [5.41, 5.74) is -0.259. The number of rotatable bonds is 3. The van der Waals surface area contributed by atoms with Gasteiger partial charge in [-0.25, -0.2) is 0 Å². The average molecular weight is 208 g/mol. The Labute approximate surface area is 91.8 Å². The van der Waals surface area contributed by atoms with E-state index in [1.807, 2.05) is 0 Å². The third-order valence-electron chi connectivity index (χ3n) is 3.67. The van der Waals surface area contributed by atoms with E-state index in [9.17, 15) is 5.26 Å². The standard InChI is InChI=1S/C12H20N2O/c1-10-4-5-12(7-10,9-13)14-8-11-3-2-6-15-11/h10-11,14H,2-8H2,1H3. The minimum Gasteiger partial charge on any atom is -0.377 e. The first-order valence-electron chi connectivity index (χ1n) is 6.02. The minimum absolute atomic E-state index is 0.259. The Morgan fingerprint density at radius 3 is 2.93 bits per heavy atom. The molecule has 0 aromatic rings. The summed E-state index contributed by atoms with van der Waals surface area (Å²) in [7, 11) is 0. The van der Waals surface area contributed by atoms with E-state index in [-0.39, 0.29) is 5.54 Å². The lowest BCUT2D eigenvalue weighted by molar-refractivity contribution is 0.104. The van der Waals surface area contributed by atoms with E-state index in [1.165, 1.54) is 12.8 Å². The zero-order valence-electron chi connectivity index (χ0n) is 9.46. The Morgan fingerprint density at radius 2 is 2.40 bits per heavy atom. The van der Waals surface area contributed by atoms with E-state index < -0.39 is 0 Å². The van der Waals surface area contributed by atoms with E-state index in [0.29, 0.717) is 12.0 Å². The Bertz CT molecular complexity index is 255. The molecule has 1 N–H and O–H groups in total. The van der Waals surface area contributed by atoms with E-state index in [0.717, 1.165) is 32.4 Å². The number of nitrogens with one attached hydrogen (secondary N) is 1. The van der Waals surface area contributed by atoms with Crippen LogP contribution in [-0.4, -0.2) is 24.8 Å². The first-order valence-corrected chi connectivity index (χ1v) is 6.02. The maximum absolute atomic E-state index is 9.25. The number of nitriles is 1. The van der Waals surface area contributed by atoms with Gasteiger partial charge in [0.2, 0.25) is 0 Å². The van der Waals surface area contributed by atoms with Crippen molar-refractivity contribution >= 4 is 0 Å². The summed E-state index contributed by atoms with van der Waals surface area (Å²) in [5.74, 6) is 0.682. The maximum atomic E-state index is 9.25. The van der Waals surface area contributed by atoms with E-state index in [4.69, 9.17) is 4.74 Å². The summed E-state index contributed by atoms with van der Waals surface area (Å²) >= 11 is 0. The number of hydrogen-bond donors (Lipinski definition) is 1. The highest BCUT2D eigenvalue weighted by atomic mass is 16.5. The molecule has 1 saturated heterocycles. The van der Waals surface area contributed by atoms with Crippen LogP contribution in [0.1, 0.15) is 39.0 Å². The molecule has 0 amide bonds. The fourth-order valence-corrected chi connectivity index (χ4v) is 2.71. The molecule has 0 aromatic carbocycles. The van der Waals surface area contributed by atoms with Crippen molar-refractivity contribution in [1.29, 1.82) is 5.26 Å². The fraction of sp³-hybridized carbons (Fsp3) is 0.917. The molecule has 1 heterocycles. The molecule has 0 bridgehead atoms. The molecule has 3 heteroatoms. The lowest BCUT2D eigenvalue weighted by Crippen LogP contribution is -2.45. The Balaban J connectivity index is 1.83. The summed E-state index contributed by atoms with van der Waals surface area (Å²) in [5, 5.41) is 12.7. The van der Waals surface area contributed by atoms with Gasteiger partial charge >= 0.3 is 0 Å². The molecule has 0 aromatic heterocycles. The zero-order chi connectivity index (χ0) is 10.7. The quantitative estimate of drug-likeness (QED) is 0.769. The third-order valence-corrected chi connectivity index (χ3v) is 3.67. The minimum atomic E-state index is -0.259.